The highest BCUT2D eigenvalue weighted by Crippen LogP contribution is 2.31. The van der Waals surface area contributed by atoms with Crippen LogP contribution >= 0.6 is 0 Å². The molecule has 0 unspecified atom stereocenters. The van der Waals surface area contributed by atoms with Crippen LogP contribution in [0.5, 0.6) is 11.5 Å². The van der Waals surface area contributed by atoms with Crippen molar-refractivity contribution in [3.05, 3.63) is 54.2 Å². The molecule has 0 spiro atoms. The molecule has 10 nitrogen and oxygen atoms in total. The third kappa shape index (κ3) is 6.12. The molecule has 0 amide bonds. The first kappa shape index (κ1) is 23.5. The van der Waals surface area contributed by atoms with Gasteiger partial charge in [0.05, 0.1) is 45.1 Å². The summed E-state index contributed by atoms with van der Waals surface area (Å²) >= 11 is 0. The summed E-state index contributed by atoms with van der Waals surface area (Å²) < 4.78 is 47.4. The van der Waals surface area contributed by atoms with Gasteiger partial charge in [-0.2, -0.15) is 0 Å². The number of sulfonamides is 1. The Morgan fingerprint density at radius 2 is 1.58 bits per heavy atom. The van der Waals surface area contributed by atoms with Crippen molar-refractivity contribution in [1.29, 1.82) is 0 Å². The molecule has 166 valence electrons. The van der Waals surface area contributed by atoms with Crippen LogP contribution in [-0.2, 0) is 29.1 Å². The fourth-order valence-electron chi connectivity index (χ4n) is 2.40. The summed E-state index contributed by atoms with van der Waals surface area (Å²) in [4.78, 5) is 23.2. The van der Waals surface area contributed by atoms with Crippen LogP contribution in [0.25, 0.3) is 0 Å². The predicted octanol–water partition coefficient (Wildman–Crippen LogP) is 2.15. The Labute approximate surface area is 179 Å². The minimum absolute atomic E-state index is 0.0421. The highest BCUT2D eigenvalue weighted by Gasteiger charge is 2.18. The van der Waals surface area contributed by atoms with Crippen molar-refractivity contribution in [3.8, 4) is 11.5 Å². The second kappa shape index (κ2) is 10.3. The summed E-state index contributed by atoms with van der Waals surface area (Å²) in [5, 5.41) is 2.69. The first-order chi connectivity index (χ1) is 14.7. The van der Waals surface area contributed by atoms with Gasteiger partial charge in [-0.25, -0.2) is 18.0 Å². The van der Waals surface area contributed by atoms with Gasteiger partial charge in [-0.1, -0.05) is 0 Å². The molecule has 2 N–H and O–H groups in total. The van der Waals surface area contributed by atoms with Crippen LogP contribution in [0, 0.1) is 0 Å². The normalized spacial score (nSPS) is 11.3. The lowest BCUT2D eigenvalue weighted by Crippen LogP contribution is -2.16. The number of hydrogen-bond donors (Lipinski definition) is 2. The van der Waals surface area contributed by atoms with Gasteiger partial charge in [0.15, 0.2) is 0 Å². The molecular formula is C20H22N2O8S. The van der Waals surface area contributed by atoms with Gasteiger partial charge in [0, 0.05) is 11.8 Å². The van der Waals surface area contributed by atoms with Gasteiger partial charge < -0.3 is 24.3 Å². The molecule has 0 atom stereocenters. The molecule has 0 heterocycles. The van der Waals surface area contributed by atoms with Gasteiger partial charge >= 0.3 is 11.9 Å². The van der Waals surface area contributed by atoms with Crippen LogP contribution in [0.4, 0.5) is 11.4 Å². The summed E-state index contributed by atoms with van der Waals surface area (Å²) in [6.45, 7) is 0. The van der Waals surface area contributed by atoms with Gasteiger partial charge in [-0.3, -0.25) is 4.72 Å². The average molecular weight is 450 g/mol. The van der Waals surface area contributed by atoms with Crippen molar-refractivity contribution < 1.29 is 37.0 Å². The first-order valence-electron chi connectivity index (χ1n) is 8.74. The second-order valence-corrected chi connectivity index (χ2v) is 7.58. The summed E-state index contributed by atoms with van der Waals surface area (Å²) in [5.41, 5.74) is 0.376. The summed E-state index contributed by atoms with van der Waals surface area (Å²) in [5.74, 6) is -0.790. The van der Waals surface area contributed by atoms with E-state index in [1.807, 2.05) is 0 Å². The van der Waals surface area contributed by atoms with Crippen LogP contribution in [0.15, 0.2) is 59.1 Å². The van der Waals surface area contributed by atoms with Crippen LogP contribution in [-0.4, -0.2) is 48.8 Å². The van der Waals surface area contributed by atoms with Crippen LogP contribution in [0.1, 0.15) is 0 Å². The van der Waals surface area contributed by atoms with E-state index in [9.17, 15) is 18.0 Å². The smallest absolute Gasteiger partial charge is 0.354 e. The number of esters is 2. The quantitative estimate of drug-likeness (QED) is 0.436. The van der Waals surface area contributed by atoms with Crippen molar-refractivity contribution in [1.82, 2.24) is 0 Å². The predicted molar refractivity (Wildman–Crippen MR) is 113 cm³/mol. The Morgan fingerprint density at radius 3 is 2.13 bits per heavy atom. The van der Waals surface area contributed by atoms with Gasteiger partial charge in [-0.15, -0.1) is 0 Å². The lowest BCUT2D eigenvalue weighted by atomic mass is 10.3. The summed E-state index contributed by atoms with van der Waals surface area (Å²) in [6, 6.07) is 10.2. The highest BCUT2D eigenvalue weighted by molar-refractivity contribution is 7.92. The van der Waals surface area contributed by atoms with E-state index in [1.165, 1.54) is 44.6 Å². The molecule has 2 aromatic carbocycles. The number of nitrogens with one attached hydrogen (secondary N) is 2. The molecule has 0 saturated carbocycles. The Kier molecular flexibility index (Phi) is 7.86. The maximum absolute atomic E-state index is 12.8. The molecule has 0 saturated heterocycles. The average Bonchev–Trinajstić information content (AvgIpc) is 2.77. The number of hydrogen-bond acceptors (Lipinski definition) is 9. The lowest BCUT2D eigenvalue weighted by molar-refractivity contribution is -0.138. The van der Waals surface area contributed by atoms with Gasteiger partial charge in [0.1, 0.15) is 17.2 Å². The molecule has 0 aliphatic rings. The molecule has 0 fully saturated rings. The van der Waals surface area contributed by atoms with E-state index in [2.05, 4.69) is 19.5 Å². The fourth-order valence-corrected chi connectivity index (χ4v) is 3.46. The summed E-state index contributed by atoms with van der Waals surface area (Å²) in [7, 11) is 1.25. The van der Waals surface area contributed by atoms with E-state index in [-0.39, 0.29) is 16.3 Å². The van der Waals surface area contributed by atoms with E-state index in [1.54, 1.807) is 12.1 Å². The molecule has 0 aliphatic heterocycles. The largest absolute Gasteiger partial charge is 0.497 e. The zero-order valence-corrected chi connectivity index (χ0v) is 18.1. The molecule has 0 aliphatic carbocycles. The van der Waals surface area contributed by atoms with Crippen LogP contribution in [0.2, 0.25) is 0 Å². The van der Waals surface area contributed by atoms with E-state index < -0.39 is 22.0 Å². The number of carbonyl (C=O) groups is 2. The first-order valence-corrected chi connectivity index (χ1v) is 10.2. The Morgan fingerprint density at radius 1 is 0.903 bits per heavy atom. The Hall–Kier alpha value is -3.73. The number of benzene rings is 2. The van der Waals surface area contributed by atoms with Gasteiger partial charge in [0.2, 0.25) is 0 Å². The molecule has 0 bridgehead atoms. The fraction of sp³-hybridized carbons (Fsp3) is 0.200. The van der Waals surface area contributed by atoms with Crippen molar-refractivity contribution in [2.24, 2.45) is 0 Å². The number of rotatable bonds is 9. The molecule has 2 aromatic rings. The van der Waals surface area contributed by atoms with E-state index in [0.29, 0.717) is 17.2 Å². The molecule has 2 rings (SSSR count). The lowest BCUT2D eigenvalue weighted by Gasteiger charge is -2.14. The topological polar surface area (TPSA) is 129 Å². The maximum Gasteiger partial charge on any atom is 0.354 e. The van der Waals surface area contributed by atoms with E-state index in [0.717, 1.165) is 20.3 Å². The van der Waals surface area contributed by atoms with E-state index >= 15 is 0 Å². The molecule has 0 aromatic heterocycles. The maximum atomic E-state index is 12.8. The van der Waals surface area contributed by atoms with Crippen LogP contribution < -0.4 is 19.5 Å². The molecular weight excluding hydrogens is 428 g/mol. The number of methoxy groups -OCH3 is 4. The van der Waals surface area contributed by atoms with Gasteiger partial charge in [0.25, 0.3) is 10.0 Å². The molecule has 11 heteroatoms. The van der Waals surface area contributed by atoms with Crippen molar-refractivity contribution >= 4 is 33.3 Å². The monoisotopic (exact) mass is 450 g/mol. The van der Waals surface area contributed by atoms with Crippen molar-refractivity contribution in [2.45, 2.75) is 4.90 Å². The third-order valence-electron chi connectivity index (χ3n) is 3.96. The number of ether oxygens (including phenoxy) is 4. The zero-order valence-electron chi connectivity index (χ0n) is 17.3. The Balaban J connectivity index is 2.26. The van der Waals surface area contributed by atoms with E-state index in [4.69, 9.17) is 9.47 Å². The standard InChI is InChI=1S/C20H22N2O8S/c1-27-14-7-10-18(28-2)16(11-14)22-31(25,26)15-8-5-13(6-9-15)21-17(20(24)30-4)12-19(23)29-3/h5-12,21-22H,1-4H3/b17-12+. The minimum Gasteiger partial charge on any atom is -0.497 e. The van der Waals surface area contributed by atoms with Crippen molar-refractivity contribution in [2.75, 3.05) is 38.5 Å². The van der Waals surface area contributed by atoms with Crippen LogP contribution in [0.3, 0.4) is 0 Å². The summed E-state index contributed by atoms with van der Waals surface area (Å²) in [6.07, 6.45) is 0.924. The highest BCUT2D eigenvalue weighted by atomic mass is 32.2. The Bertz CT molecular complexity index is 1080. The number of carbonyl (C=O) groups excluding carboxylic acids is 2. The zero-order chi connectivity index (χ0) is 23.0. The second-order valence-electron chi connectivity index (χ2n) is 5.89. The molecule has 0 radical (unpaired) electrons. The molecule has 31 heavy (non-hydrogen) atoms. The minimum atomic E-state index is -3.95. The SMILES string of the molecule is COC(=O)/C=C(/Nc1ccc(S(=O)(=O)Nc2cc(OC)ccc2OC)cc1)C(=O)OC. The van der Waals surface area contributed by atoms with Gasteiger partial charge in [-0.05, 0) is 36.4 Å². The number of anilines is 2. The van der Waals surface area contributed by atoms with Crippen molar-refractivity contribution in [3.63, 3.8) is 0 Å². The third-order valence-corrected chi connectivity index (χ3v) is 5.34.